The number of nitrogens with zero attached hydrogens (tertiary/aromatic N) is 5. The first-order valence-corrected chi connectivity index (χ1v) is 8.55. The maximum Gasteiger partial charge on any atom is 0.208 e. The van der Waals surface area contributed by atoms with Crippen molar-refractivity contribution in [2.45, 2.75) is 32.7 Å². The molecule has 0 amide bonds. The van der Waals surface area contributed by atoms with Gasteiger partial charge in [-0.1, -0.05) is 38.2 Å². The van der Waals surface area contributed by atoms with Crippen molar-refractivity contribution in [2.24, 2.45) is 0 Å². The molecule has 3 rings (SSSR count). The third kappa shape index (κ3) is 3.62. The molecule has 3 heterocycles. The first-order chi connectivity index (χ1) is 10.5. The third-order valence-electron chi connectivity index (χ3n) is 3.81. The van der Waals surface area contributed by atoms with Gasteiger partial charge >= 0.3 is 0 Å². The highest BCUT2D eigenvalue weighted by molar-refractivity contribution is 7.15. The van der Waals surface area contributed by atoms with Crippen LogP contribution in [0.3, 0.4) is 0 Å². The van der Waals surface area contributed by atoms with Crippen LogP contribution in [-0.4, -0.2) is 46.3 Å². The predicted octanol–water partition coefficient (Wildman–Crippen LogP) is 2.55. The van der Waals surface area contributed by atoms with E-state index in [1.165, 1.54) is 0 Å². The lowest BCUT2D eigenvalue weighted by Crippen LogP contribution is -2.46. The quantitative estimate of drug-likeness (QED) is 0.870. The molecule has 0 atom stereocenters. The Labute approximate surface area is 136 Å². The molecule has 1 fully saturated rings. The summed E-state index contributed by atoms with van der Waals surface area (Å²) in [5.74, 6) is 0. The lowest BCUT2D eigenvalue weighted by Gasteiger charge is -2.34. The van der Waals surface area contributed by atoms with E-state index in [0.717, 1.165) is 48.6 Å². The van der Waals surface area contributed by atoms with Crippen LogP contribution < -0.4 is 4.90 Å². The van der Waals surface area contributed by atoms with E-state index in [1.807, 2.05) is 18.3 Å². The van der Waals surface area contributed by atoms with Crippen molar-refractivity contribution in [2.75, 3.05) is 31.1 Å². The first-order valence-electron chi connectivity index (χ1n) is 7.73. The van der Waals surface area contributed by atoms with Crippen molar-refractivity contribution in [1.29, 1.82) is 0 Å². The fourth-order valence-corrected chi connectivity index (χ4v) is 3.42. The van der Waals surface area contributed by atoms with Crippen LogP contribution in [0.2, 0.25) is 0 Å². The molecule has 22 heavy (non-hydrogen) atoms. The average Bonchev–Trinajstić information content (AvgIpc) is 2.99. The summed E-state index contributed by atoms with van der Waals surface area (Å²) in [4.78, 5) is 9.20. The van der Waals surface area contributed by atoms with Crippen molar-refractivity contribution in [3.63, 3.8) is 0 Å². The highest BCUT2D eigenvalue weighted by Crippen LogP contribution is 2.30. The van der Waals surface area contributed by atoms with Gasteiger partial charge in [-0.3, -0.25) is 9.88 Å². The van der Waals surface area contributed by atoms with Crippen LogP contribution in [0.1, 0.15) is 31.5 Å². The molecule has 0 aromatic carbocycles. The van der Waals surface area contributed by atoms with Crippen LogP contribution in [-0.2, 0) is 12.0 Å². The van der Waals surface area contributed by atoms with Crippen LogP contribution in [0.5, 0.6) is 0 Å². The Kier molecular flexibility index (Phi) is 4.40. The SMILES string of the molecule is CC(C)(C)c1nnc(N2CCN(Cc3ccccn3)CC2)s1. The van der Waals surface area contributed by atoms with E-state index >= 15 is 0 Å². The smallest absolute Gasteiger partial charge is 0.208 e. The van der Waals surface area contributed by atoms with Crippen LogP contribution in [0.4, 0.5) is 5.13 Å². The number of hydrogen-bond donors (Lipinski definition) is 0. The second kappa shape index (κ2) is 6.30. The zero-order valence-corrected chi connectivity index (χ0v) is 14.3. The number of anilines is 1. The Morgan fingerprint density at radius 3 is 2.45 bits per heavy atom. The van der Waals surface area contributed by atoms with Crippen molar-refractivity contribution in [1.82, 2.24) is 20.1 Å². The predicted molar refractivity (Wildman–Crippen MR) is 90.3 cm³/mol. The Morgan fingerprint density at radius 1 is 1.09 bits per heavy atom. The van der Waals surface area contributed by atoms with Crippen LogP contribution in [0.15, 0.2) is 24.4 Å². The van der Waals surface area contributed by atoms with Crippen LogP contribution in [0, 0.1) is 0 Å². The molecule has 1 saturated heterocycles. The minimum absolute atomic E-state index is 0.0801. The normalized spacial score (nSPS) is 17.0. The van der Waals surface area contributed by atoms with E-state index in [9.17, 15) is 0 Å². The summed E-state index contributed by atoms with van der Waals surface area (Å²) in [5.41, 5.74) is 1.22. The summed E-state index contributed by atoms with van der Waals surface area (Å²) in [6.45, 7) is 11.6. The zero-order valence-electron chi connectivity index (χ0n) is 13.5. The second-order valence-corrected chi connectivity index (χ2v) is 7.68. The number of piperazine rings is 1. The number of hydrogen-bond acceptors (Lipinski definition) is 6. The van der Waals surface area contributed by atoms with E-state index in [0.29, 0.717) is 0 Å². The van der Waals surface area contributed by atoms with E-state index in [-0.39, 0.29) is 5.41 Å². The van der Waals surface area contributed by atoms with Crippen LogP contribution in [0.25, 0.3) is 0 Å². The summed E-state index contributed by atoms with van der Waals surface area (Å²) in [6.07, 6.45) is 1.86. The summed E-state index contributed by atoms with van der Waals surface area (Å²) in [6, 6.07) is 6.10. The van der Waals surface area contributed by atoms with Gasteiger partial charge in [0, 0.05) is 44.3 Å². The number of rotatable bonds is 3. The topological polar surface area (TPSA) is 45.2 Å². The molecule has 6 heteroatoms. The Balaban J connectivity index is 1.56. The lowest BCUT2D eigenvalue weighted by atomic mass is 9.98. The number of pyridine rings is 1. The Morgan fingerprint density at radius 2 is 1.86 bits per heavy atom. The molecule has 0 spiro atoms. The lowest BCUT2D eigenvalue weighted by molar-refractivity contribution is 0.247. The summed E-state index contributed by atoms with van der Waals surface area (Å²) in [7, 11) is 0. The highest BCUT2D eigenvalue weighted by atomic mass is 32.1. The summed E-state index contributed by atoms with van der Waals surface area (Å²) >= 11 is 1.72. The Hall–Kier alpha value is -1.53. The van der Waals surface area contributed by atoms with Gasteiger partial charge in [0.05, 0.1) is 5.69 Å². The van der Waals surface area contributed by atoms with Crippen molar-refractivity contribution >= 4 is 16.5 Å². The summed E-state index contributed by atoms with van der Waals surface area (Å²) < 4.78 is 0. The Bertz CT molecular complexity index is 596. The maximum absolute atomic E-state index is 4.40. The molecule has 0 saturated carbocycles. The largest absolute Gasteiger partial charge is 0.344 e. The van der Waals surface area contributed by atoms with Gasteiger partial charge in [0.1, 0.15) is 5.01 Å². The molecule has 1 aliphatic heterocycles. The minimum Gasteiger partial charge on any atom is -0.344 e. The van der Waals surface area contributed by atoms with Gasteiger partial charge in [-0.25, -0.2) is 0 Å². The fraction of sp³-hybridized carbons (Fsp3) is 0.562. The van der Waals surface area contributed by atoms with Gasteiger partial charge in [0.15, 0.2) is 0 Å². The van der Waals surface area contributed by atoms with Crippen molar-refractivity contribution in [3.05, 3.63) is 35.1 Å². The maximum atomic E-state index is 4.40. The monoisotopic (exact) mass is 317 g/mol. The summed E-state index contributed by atoms with van der Waals surface area (Å²) in [5, 5.41) is 10.9. The first kappa shape index (κ1) is 15.4. The average molecular weight is 317 g/mol. The molecule has 2 aromatic heterocycles. The molecule has 1 aliphatic rings. The van der Waals surface area contributed by atoms with Crippen LogP contribution >= 0.6 is 11.3 Å². The molecule has 0 unspecified atom stereocenters. The standard InChI is InChI=1S/C16H23N5S/c1-16(2,3)14-18-19-15(22-14)21-10-8-20(9-11-21)12-13-6-4-5-7-17-13/h4-7H,8-12H2,1-3H3. The molecule has 0 aliphatic carbocycles. The van der Waals surface area contributed by atoms with Crippen molar-refractivity contribution < 1.29 is 0 Å². The van der Waals surface area contributed by atoms with E-state index in [1.54, 1.807) is 11.3 Å². The van der Waals surface area contributed by atoms with Gasteiger partial charge in [-0.05, 0) is 12.1 Å². The fourth-order valence-electron chi connectivity index (χ4n) is 2.46. The van der Waals surface area contributed by atoms with E-state index in [2.05, 4.69) is 51.8 Å². The molecule has 5 nitrogen and oxygen atoms in total. The molecule has 2 aromatic rings. The van der Waals surface area contributed by atoms with Gasteiger partial charge < -0.3 is 4.90 Å². The molecular formula is C16H23N5S. The van der Waals surface area contributed by atoms with Gasteiger partial charge in [-0.2, -0.15) is 0 Å². The third-order valence-corrected chi connectivity index (χ3v) is 5.22. The molecule has 0 radical (unpaired) electrons. The molecule has 0 bridgehead atoms. The van der Waals surface area contributed by atoms with Crippen molar-refractivity contribution in [3.8, 4) is 0 Å². The van der Waals surface area contributed by atoms with E-state index < -0.39 is 0 Å². The molecular weight excluding hydrogens is 294 g/mol. The number of aromatic nitrogens is 3. The molecule has 118 valence electrons. The van der Waals surface area contributed by atoms with E-state index in [4.69, 9.17) is 0 Å². The highest BCUT2D eigenvalue weighted by Gasteiger charge is 2.24. The minimum atomic E-state index is 0.0801. The molecule has 0 N–H and O–H groups in total. The van der Waals surface area contributed by atoms with Gasteiger partial charge in [-0.15, -0.1) is 10.2 Å². The second-order valence-electron chi connectivity index (χ2n) is 6.72. The zero-order chi connectivity index (χ0) is 15.6. The van der Waals surface area contributed by atoms with Gasteiger partial charge in [0.2, 0.25) is 5.13 Å². The van der Waals surface area contributed by atoms with Gasteiger partial charge in [0.25, 0.3) is 0 Å².